The van der Waals surface area contributed by atoms with Crippen LogP contribution in [0.15, 0.2) is 0 Å². The second kappa shape index (κ2) is 5.31. The van der Waals surface area contributed by atoms with Crippen molar-refractivity contribution in [2.75, 3.05) is 19.8 Å². The van der Waals surface area contributed by atoms with Crippen molar-refractivity contribution in [1.29, 1.82) is 0 Å². The van der Waals surface area contributed by atoms with Crippen molar-refractivity contribution in [3.63, 3.8) is 0 Å². The van der Waals surface area contributed by atoms with Gasteiger partial charge in [-0.1, -0.05) is 20.3 Å². The Morgan fingerprint density at radius 3 is 2.47 bits per heavy atom. The summed E-state index contributed by atoms with van der Waals surface area (Å²) in [5.41, 5.74) is 0. The molecule has 1 N–H and O–H groups in total. The van der Waals surface area contributed by atoms with Crippen molar-refractivity contribution in [3.8, 4) is 0 Å². The van der Waals surface area contributed by atoms with Crippen LogP contribution < -0.4 is 5.32 Å². The van der Waals surface area contributed by atoms with E-state index in [0.29, 0.717) is 0 Å². The molecule has 1 heterocycles. The molecule has 2 fully saturated rings. The van der Waals surface area contributed by atoms with E-state index in [1.54, 1.807) is 0 Å². The largest absolute Gasteiger partial charge is 0.381 e. The third-order valence-electron chi connectivity index (χ3n) is 4.21. The van der Waals surface area contributed by atoms with E-state index in [9.17, 15) is 0 Å². The molecule has 0 radical (unpaired) electrons. The minimum Gasteiger partial charge on any atom is -0.381 e. The molecule has 1 saturated heterocycles. The van der Waals surface area contributed by atoms with Crippen molar-refractivity contribution in [2.24, 2.45) is 17.8 Å². The van der Waals surface area contributed by atoms with Crippen molar-refractivity contribution in [2.45, 2.75) is 45.6 Å². The van der Waals surface area contributed by atoms with Crippen LogP contribution in [0.2, 0.25) is 0 Å². The van der Waals surface area contributed by atoms with Crippen LogP contribution in [0.1, 0.15) is 39.5 Å². The van der Waals surface area contributed by atoms with E-state index >= 15 is 0 Å². The predicted molar refractivity (Wildman–Crippen MR) is 62.9 cm³/mol. The van der Waals surface area contributed by atoms with Crippen LogP contribution in [0.25, 0.3) is 0 Å². The highest BCUT2D eigenvalue weighted by Crippen LogP contribution is 2.29. The maximum absolute atomic E-state index is 5.41. The minimum absolute atomic E-state index is 0.749. The van der Waals surface area contributed by atoms with Crippen molar-refractivity contribution < 1.29 is 4.74 Å². The Labute approximate surface area is 93.8 Å². The topological polar surface area (TPSA) is 21.3 Å². The summed E-state index contributed by atoms with van der Waals surface area (Å²) < 4.78 is 5.41. The van der Waals surface area contributed by atoms with Crippen molar-refractivity contribution in [3.05, 3.63) is 0 Å². The van der Waals surface area contributed by atoms with Gasteiger partial charge in [-0.2, -0.15) is 0 Å². The second-order valence-electron chi connectivity index (χ2n) is 5.55. The predicted octanol–water partition coefficient (Wildman–Crippen LogP) is 2.44. The number of rotatable bonds is 3. The zero-order valence-corrected chi connectivity index (χ0v) is 10.2. The molecule has 1 aliphatic carbocycles. The van der Waals surface area contributed by atoms with Crippen LogP contribution in [0.3, 0.4) is 0 Å². The number of nitrogens with one attached hydrogen (secondary N) is 1. The van der Waals surface area contributed by atoms with Gasteiger partial charge in [-0.05, 0) is 37.0 Å². The molecule has 0 amide bonds. The van der Waals surface area contributed by atoms with E-state index in [1.807, 2.05) is 0 Å². The van der Waals surface area contributed by atoms with E-state index in [0.717, 1.165) is 37.0 Å². The highest BCUT2D eigenvalue weighted by molar-refractivity contribution is 4.84. The third-order valence-corrected chi connectivity index (χ3v) is 4.21. The first-order chi connectivity index (χ1) is 7.27. The second-order valence-corrected chi connectivity index (χ2v) is 5.55. The average Bonchev–Trinajstić information content (AvgIpc) is 2.70. The summed E-state index contributed by atoms with van der Waals surface area (Å²) in [5.74, 6) is 2.48. The maximum atomic E-state index is 5.41. The van der Waals surface area contributed by atoms with Gasteiger partial charge in [0, 0.05) is 19.2 Å². The van der Waals surface area contributed by atoms with Crippen LogP contribution in [0, 0.1) is 17.8 Å². The Balaban J connectivity index is 1.75. The lowest BCUT2D eigenvalue weighted by Crippen LogP contribution is -2.44. The Morgan fingerprint density at radius 2 is 1.87 bits per heavy atom. The summed E-state index contributed by atoms with van der Waals surface area (Å²) in [5, 5.41) is 3.78. The average molecular weight is 211 g/mol. The maximum Gasteiger partial charge on any atom is 0.0507 e. The van der Waals surface area contributed by atoms with Gasteiger partial charge in [0.25, 0.3) is 0 Å². The van der Waals surface area contributed by atoms with Crippen LogP contribution in [-0.4, -0.2) is 25.8 Å². The van der Waals surface area contributed by atoms with E-state index in [2.05, 4.69) is 19.2 Å². The van der Waals surface area contributed by atoms with Gasteiger partial charge in [0.05, 0.1) is 6.61 Å². The van der Waals surface area contributed by atoms with E-state index in [4.69, 9.17) is 4.74 Å². The summed E-state index contributed by atoms with van der Waals surface area (Å²) in [4.78, 5) is 0. The molecule has 0 spiro atoms. The monoisotopic (exact) mass is 211 g/mol. The first-order valence-corrected chi connectivity index (χ1v) is 6.58. The van der Waals surface area contributed by atoms with Gasteiger partial charge in [-0.15, -0.1) is 0 Å². The molecule has 2 heteroatoms. The number of hydrogen-bond donors (Lipinski definition) is 1. The van der Waals surface area contributed by atoms with Gasteiger partial charge in [-0.25, -0.2) is 0 Å². The molecule has 2 aliphatic rings. The zero-order valence-electron chi connectivity index (χ0n) is 10.2. The Bertz CT molecular complexity index is 179. The molecule has 2 nitrogen and oxygen atoms in total. The van der Waals surface area contributed by atoms with Crippen LogP contribution in [0.4, 0.5) is 0 Å². The lowest BCUT2D eigenvalue weighted by Gasteiger charge is -2.36. The molecule has 1 saturated carbocycles. The number of hydrogen-bond acceptors (Lipinski definition) is 2. The van der Waals surface area contributed by atoms with Crippen molar-refractivity contribution in [1.82, 2.24) is 5.32 Å². The summed E-state index contributed by atoms with van der Waals surface area (Å²) >= 11 is 0. The molecule has 0 bridgehead atoms. The first-order valence-electron chi connectivity index (χ1n) is 6.58. The van der Waals surface area contributed by atoms with Crippen LogP contribution >= 0.6 is 0 Å². The lowest BCUT2D eigenvalue weighted by molar-refractivity contribution is 0.173. The standard InChI is InChI=1S/C13H25NO/c1-10-4-3-5-11(2)13(10)14-8-12-6-7-15-9-12/h10-14H,3-9H2,1-2H3. The fraction of sp³-hybridized carbons (Fsp3) is 1.00. The first kappa shape index (κ1) is 11.4. The number of ether oxygens (including phenoxy) is 1. The van der Waals surface area contributed by atoms with Gasteiger partial charge >= 0.3 is 0 Å². The molecule has 0 aromatic carbocycles. The summed E-state index contributed by atoms with van der Waals surface area (Å²) in [6.45, 7) is 7.92. The summed E-state index contributed by atoms with van der Waals surface area (Å²) in [6, 6.07) is 0.749. The molecule has 88 valence electrons. The van der Waals surface area contributed by atoms with Gasteiger partial charge in [-0.3, -0.25) is 0 Å². The van der Waals surface area contributed by atoms with Crippen molar-refractivity contribution >= 4 is 0 Å². The lowest BCUT2D eigenvalue weighted by atomic mass is 9.78. The van der Waals surface area contributed by atoms with Crippen LogP contribution in [0.5, 0.6) is 0 Å². The minimum atomic E-state index is 0.749. The summed E-state index contributed by atoms with van der Waals surface area (Å²) in [7, 11) is 0. The SMILES string of the molecule is CC1CCCC(C)C1NCC1CCOC1. The molecule has 0 aromatic rings. The Morgan fingerprint density at radius 1 is 1.13 bits per heavy atom. The highest BCUT2D eigenvalue weighted by Gasteiger charge is 2.28. The normalized spacial score (nSPS) is 42.0. The van der Waals surface area contributed by atoms with E-state index in [-0.39, 0.29) is 0 Å². The fourth-order valence-electron chi connectivity index (χ4n) is 3.13. The zero-order chi connectivity index (χ0) is 10.7. The molecular weight excluding hydrogens is 186 g/mol. The Hall–Kier alpha value is -0.0800. The quantitative estimate of drug-likeness (QED) is 0.774. The molecule has 2 rings (SSSR count). The fourth-order valence-corrected chi connectivity index (χ4v) is 3.13. The summed E-state index contributed by atoms with van der Waals surface area (Å²) in [6.07, 6.45) is 5.49. The highest BCUT2D eigenvalue weighted by atomic mass is 16.5. The smallest absolute Gasteiger partial charge is 0.0507 e. The van der Waals surface area contributed by atoms with Gasteiger partial charge in [0.15, 0.2) is 0 Å². The Kier molecular flexibility index (Phi) is 4.04. The van der Waals surface area contributed by atoms with Gasteiger partial charge in [0.1, 0.15) is 0 Å². The third kappa shape index (κ3) is 2.94. The molecule has 15 heavy (non-hydrogen) atoms. The van der Waals surface area contributed by atoms with E-state index in [1.165, 1.54) is 32.2 Å². The van der Waals surface area contributed by atoms with E-state index < -0.39 is 0 Å². The molecule has 0 aromatic heterocycles. The molecular formula is C13H25NO. The molecule has 3 atom stereocenters. The van der Waals surface area contributed by atoms with Gasteiger partial charge in [0.2, 0.25) is 0 Å². The molecule has 1 aliphatic heterocycles. The van der Waals surface area contributed by atoms with Gasteiger partial charge < -0.3 is 10.1 Å². The molecule has 3 unspecified atom stereocenters. The van der Waals surface area contributed by atoms with Crippen LogP contribution in [-0.2, 0) is 4.74 Å².